The Bertz CT molecular complexity index is 995. The highest BCUT2D eigenvalue weighted by Gasteiger charge is 2.34. The molecule has 10 nitrogen and oxygen atoms in total. The average molecular weight is 396 g/mol. The van der Waals surface area contributed by atoms with Gasteiger partial charge in [0.25, 0.3) is 10.0 Å². The molecule has 0 aliphatic carbocycles. The van der Waals surface area contributed by atoms with E-state index in [1.165, 1.54) is 11.6 Å². The summed E-state index contributed by atoms with van der Waals surface area (Å²) in [5.74, 6) is -1.11. The van der Waals surface area contributed by atoms with Gasteiger partial charge in [-0.3, -0.25) is 0 Å². The molecule has 1 aromatic carbocycles. The number of carbonyl (C=O) groups excluding carboxylic acids is 1. The third kappa shape index (κ3) is 3.96. The first-order valence-electron chi connectivity index (χ1n) is 6.61. The fraction of sp³-hybridized carbons (Fsp3) is 0.250. The van der Waals surface area contributed by atoms with Crippen molar-refractivity contribution in [3.63, 3.8) is 0 Å². The van der Waals surface area contributed by atoms with Crippen LogP contribution in [0.5, 0.6) is 5.75 Å². The van der Waals surface area contributed by atoms with Gasteiger partial charge in [-0.25, -0.2) is 22.7 Å². The van der Waals surface area contributed by atoms with Crippen LogP contribution in [-0.2, 0) is 10.0 Å². The summed E-state index contributed by atoms with van der Waals surface area (Å²) in [4.78, 5) is 27.5. The monoisotopic (exact) mass is 396 g/mol. The van der Waals surface area contributed by atoms with E-state index in [-0.39, 0.29) is 10.5 Å². The second kappa shape index (κ2) is 6.70. The Morgan fingerprint density at radius 1 is 1.27 bits per heavy atom. The van der Waals surface area contributed by atoms with Gasteiger partial charge in [0, 0.05) is 0 Å². The van der Waals surface area contributed by atoms with Crippen LogP contribution in [0.25, 0.3) is 0 Å². The van der Waals surface area contributed by atoms with Crippen LogP contribution in [0.3, 0.4) is 0 Å². The number of nitrogens with one attached hydrogen (secondary N) is 1. The van der Waals surface area contributed by atoms with Crippen LogP contribution < -0.4 is 20.0 Å². The number of aromatic nitrogens is 3. The molecule has 0 saturated carbocycles. The van der Waals surface area contributed by atoms with Crippen molar-refractivity contribution in [2.75, 3.05) is 7.11 Å². The van der Waals surface area contributed by atoms with Gasteiger partial charge in [-0.1, -0.05) is 12.1 Å². The lowest BCUT2D eigenvalue weighted by molar-refractivity contribution is -0.275. The second-order valence-electron chi connectivity index (χ2n) is 4.62. The van der Waals surface area contributed by atoms with Crippen molar-refractivity contribution in [2.24, 2.45) is 0 Å². The molecule has 0 aliphatic heterocycles. The first kappa shape index (κ1) is 19.3. The number of nitrogens with zero attached hydrogens (tertiary/aromatic N) is 3. The highest BCUT2D eigenvalue weighted by Crippen LogP contribution is 2.29. The van der Waals surface area contributed by atoms with Crippen LogP contribution >= 0.6 is 0 Å². The van der Waals surface area contributed by atoms with Gasteiger partial charge in [0.15, 0.2) is 5.82 Å². The molecule has 0 unspecified atom stereocenters. The van der Waals surface area contributed by atoms with Crippen molar-refractivity contribution in [1.82, 2.24) is 19.2 Å². The number of alkyl halides is 3. The number of carbonyl (C=O) groups is 1. The summed E-state index contributed by atoms with van der Waals surface area (Å²) in [6.07, 6.45) is -5.15. The molecule has 0 fully saturated rings. The predicted molar refractivity (Wildman–Crippen MR) is 78.0 cm³/mol. The van der Waals surface area contributed by atoms with Crippen LogP contribution in [0.15, 0.2) is 34.0 Å². The Kier molecular flexibility index (Phi) is 4.97. The highest BCUT2D eigenvalue weighted by atomic mass is 32.2. The van der Waals surface area contributed by atoms with Crippen molar-refractivity contribution in [2.45, 2.75) is 18.2 Å². The number of ether oxygens (including phenoxy) is 1. The van der Waals surface area contributed by atoms with Crippen molar-refractivity contribution >= 4 is 16.1 Å². The van der Waals surface area contributed by atoms with E-state index in [2.05, 4.69) is 14.7 Å². The molecule has 0 atom stereocenters. The minimum absolute atomic E-state index is 0.0640. The maximum atomic E-state index is 12.4. The quantitative estimate of drug-likeness (QED) is 0.787. The number of amides is 1. The molecule has 0 bridgehead atoms. The number of aryl methyl sites for hydroxylation is 1. The summed E-state index contributed by atoms with van der Waals surface area (Å²) >= 11 is 0. The van der Waals surface area contributed by atoms with Gasteiger partial charge in [-0.05, 0) is 19.1 Å². The standard InChI is InChI=1S/C12H11F3N4O6S/c1-7-16-18(11(21)19(7)24-2)10(20)17-26(22,23)9-6-4-3-5-8(9)25-12(13,14)15/h3-6H,1-2H3,(H,17,20). The Morgan fingerprint density at radius 2 is 1.88 bits per heavy atom. The van der Waals surface area contributed by atoms with E-state index in [9.17, 15) is 31.2 Å². The topological polar surface area (TPSA) is 122 Å². The highest BCUT2D eigenvalue weighted by molar-refractivity contribution is 7.90. The van der Waals surface area contributed by atoms with E-state index >= 15 is 0 Å². The molecule has 0 spiro atoms. The van der Waals surface area contributed by atoms with Crippen molar-refractivity contribution in [3.05, 3.63) is 40.6 Å². The van der Waals surface area contributed by atoms with Gasteiger partial charge in [-0.2, -0.15) is 0 Å². The Morgan fingerprint density at radius 3 is 2.42 bits per heavy atom. The van der Waals surface area contributed by atoms with Gasteiger partial charge in [-0.15, -0.1) is 27.7 Å². The minimum atomic E-state index is -5.15. The Labute approximate surface area is 143 Å². The van der Waals surface area contributed by atoms with Crippen LogP contribution in [-0.4, -0.2) is 42.4 Å². The first-order chi connectivity index (χ1) is 12.0. The summed E-state index contributed by atoms with van der Waals surface area (Å²) in [6, 6.07) is 2.26. The van der Waals surface area contributed by atoms with E-state index in [0.717, 1.165) is 31.4 Å². The molecule has 1 N–H and O–H groups in total. The molecular formula is C12H11F3N4O6S. The molecule has 0 aliphatic rings. The molecule has 26 heavy (non-hydrogen) atoms. The van der Waals surface area contributed by atoms with Gasteiger partial charge in [0.05, 0.1) is 0 Å². The molecule has 0 radical (unpaired) electrons. The number of para-hydroxylation sites is 1. The van der Waals surface area contributed by atoms with Gasteiger partial charge < -0.3 is 9.57 Å². The largest absolute Gasteiger partial charge is 0.573 e. The molecule has 1 amide bonds. The van der Waals surface area contributed by atoms with Crippen LogP contribution in [0.1, 0.15) is 5.82 Å². The summed E-state index contributed by atoms with van der Waals surface area (Å²) < 4.78 is 67.5. The number of halogens is 3. The van der Waals surface area contributed by atoms with Crippen molar-refractivity contribution in [1.29, 1.82) is 0 Å². The summed E-state index contributed by atoms with van der Waals surface area (Å²) in [7, 11) is -3.70. The van der Waals surface area contributed by atoms with Crippen molar-refractivity contribution in [3.8, 4) is 5.75 Å². The molecule has 14 heteroatoms. The maximum absolute atomic E-state index is 12.4. The van der Waals surface area contributed by atoms with Gasteiger partial charge >= 0.3 is 18.1 Å². The van der Waals surface area contributed by atoms with E-state index < -0.39 is 38.8 Å². The predicted octanol–water partition coefficient (Wildman–Crippen LogP) is 0.257. The summed E-state index contributed by atoms with van der Waals surface area (Å²) in [6.45, 7) is 1.30. The maximum Gasteiger partial charge on any atom is 0.573 e. The normalized spacial score (nSPS) is 11.9. The van der Waals surface area contributed by atoms with E-state index in [0.29, 0.717) is 4.73 Å². The molecule has 2 rings (SSSR count). The molecule has 0 saturated heterocycles. The smallest absolute Gasteiger partial charge is 0.411 e. The third-order valence-electron chi connectivity index (χ3n) is 2.85. The van der Waals surface area contributed by atoms with Crippen LogP contribution in [0.2, 0.25) is 0 Å². The number of benzene rings is 1. The minimum Gasteiger partial charge on any atom is -0.411 e. The summed E-state index contributed by atoms with van der Waals surface area (Å²) in [5.41, 5.74) is -1.11. The Balaban J connectivity index is 2.38. The molecule has 1 heterocycles. The number of hydrogen-bond acceptors (Lipinski definition) is 7. The summed E-state index contributed by atoms with van der Waals surface area (Å²) in [5, 5.41) is 3.50. The average Bonchev–Trinajstić information content (AvgIpc) is 2.80. The fourth-order valence-electron chi connectivity index (χ4n) is 1.89. The lowest BCUT2D eigenvalue weighted by Gasteiger charge is -2.13. The lowest BCUT2D eigenvalue weighted by Crippen LogP contribution is -2.41. The van der Waals surface area contributed by atoms with Crippen LogP contribution in [0, 0.1) is 6.92 Å². The number of hydrogen-bond donors (Lipinski definition) is 1. The van der Waals surface area contributed by atoms with E-state index in [4.69, 9.17) is 0 Å². The zero-order valence-corrected chi connectivity index (χ0v) is 14.0. The van der Waals surface area contributed by atoms with Crippen LogP contribution in [0.4, 0.5) is 18.0 Å². The number of rotatable bonds is 4. The molecule has 142 valence electrons. The lowest BCUT2D eigenvalue weighted by atomic mass is 10.3. The number of sulfonamides is 1. The zero-order chi connectivity index (χ0) is 19.7. The second-order valence-corrected chi connectivity index (χ2v) is 6.27. The molecule has 1 aromatic heterocycles. The third-order valence-corrected chi connectivity index (χ3v) is 4.21. The molecule has 2 aromatic rings. The van der Waals surface area contributed by atoms with E-state index in [1.54, 1.807) is 0 Å². The SMILES string of the molecule is COn1c(C)nn(C(=O)NS(=O)(=O)c2ccccc2OC(F)(F)F)c1=O. The Hall–Kier alpha value is -3.03. The van der Waals surface area contributed by atoms with Gasteiger partial charge in [0.2, 0.25) is 0 Å². The van der Waals surface area contributed by atoms with Crippen molar-refractivity contribution < 1.29 is 36.0 Å². The molecular weight excluding hydrogens is 385 g/mol. The van der Waals surface area contributed by atoms with Gasteiger partial charge in [0.1, 0.15) is 17.8 Å². The fourth-order valence-corrected chi connectivity index (χ4v) is 2.95. The zero-order valence-electron chi connectivity index (χ0n) is 13.1. The first-order valence-corrected chi connectivity index (χ1v) is 8.09. The van der Waals surface area contributed by atoms with E-state index in [1.807, 2.05) is 0 Å².